The van der Waals surface area contributed by atoms with E-state index in [0.717, 1.165) is 19.1 Å². The van der Waals surface area contributed by atoms with Crippen LogP contribution in [0, 0.1) is 11.3 Å². The molecule has 0 unspecified atom stereocenters. The molecular weight excluding hydrogens is 234 g/mol. The van der Waals surface area contributed by atoms with Crippen molar-refractivity contribution < 1.29 is 4.74 Å². The monoisotopic (exact) mass is 265 g/mol. The number of ether oxygens (including phenoxy) is 1. The van der Waals surface area contributed by atoms with Crippen LogP contribution in [-0.2, 0) is 4.74 Å². The average molecular weight is 265 g/mol. The molecule has 1 saturated carbocycles. The van der Waals surface area contributed by atoms with Crippen molar-refractivity contribution in [1.29, 1.82) is 0 Å². The van der Waals surface area contributed by atoms with Gasteiger partial charge in [0.2, 0.25) is 0 Å². The quantitative estimate of drug-likeness (QED) is 0.530. The van der Waals surface area contributed by atoms with E-state index in [2.05, 4.69) is 18.3 Å². The molecular formula is C17H31NO. The van der Waals surface area contributed by atoms with Crippen LogP contribution in [0.4, 0.5) is 0 Å². The van der Waals surface area contributed by atoms with Crippen LogP contribution in [0.2, 0.25) is 0 Å². The van der Waals surface area contributed by atoms with Crippen molar-refractivity contribution in [2.24, 2.45) is 11.3 Å². The number of nitrogens with one attached hydrogen (secondary N) is 1. The van der Waals surface area contributed by atoms with Crippen molar-refractivity contribution in [3.63, 3.8) is 0 Å². The molecule has 2 aliphatic rings. The van der Waals surface area contributed by atoms with E-state index in [4.69, 9.17) is 4.74 Å². The number of allylic oxidation sites excluding steroid dienone is 1. The van der Waals surface area contributed by atoms with Crippen LogP contribution in [-0.4, -0.2) is 26.8 Å². The largest absolute Gasteiger partial charge is 0.383 e. The molecule has 2 nitrogen and oxygen atoms in total. The Labute approximate surface area is 119 Å². The molecule has 2 heteroatoms. The fraction of sp³-hybridized carbons (Fsp3) is 0.882. The molecule has 1 fully saturated rings. The van der Waals surface area contributed by atoms with Crippen molar-refractivity contribution in [1.82, 2.24) is 5.32 Å². The van der Waals surface area contributed by atoms with Crippen LogP contribution >= 0.6 is 0 Å². The van der Waals surface area contributed by atoms with Gasteiger partial charge in [0.15, 0.2) is 0 Å². The fourth-order valence-electron chi connectivity index (χ4n) is 4.00. The van der Waals surface area contributed by atoms with Crippen LogP contribution in [0.1, 0.15) is 58.3 Å². The molecule has 0 aromatic rings. The zero-order chi connectivity index (χ0) is 13.6. The maximum atomic E-state index is 5.14. The molecule has 0 aromatic heterocycles. The van der Waals surface area contributed by atoms with Crippen LogP contribution < -0.4 is 5.32 Å². The number of hydrogen-bond donors (Lipinski definition) is 1. The van der Waals surface area contributed by atoms with Gasteiger partial charge < -0.3 is 10.1 Å². The second-order valence-electron chi connectivity index (χ2n) is 6.49. The highest BCUT2D eigenvalue weighted by Crippen LogP contribution is 2.54. The predicted molar refractivity (Wildman–Crippen MR) is 81.4 cm³/mol. The van der Waals surface area contributed by atoms with Crippen LogP contribution in [0.15, 0.2) is 11.6 Å². The van der Waals surface area contributed by atoms with Crippen LogP contribution in [0.3, 0.4) is 0 Å². The first-order valence-electron chi connectivity index (χ1n) is 8.20. The molecule has 0 aliphatic heterocycles. The minimum Gasteiger partial charge on any atom is -0.383 e. The maximum absolute atomic E-state index is 5.14. The Balaban J connectivity index is 1.89. The van der Waals surface area contributed by atoms with Gasteiger partial charge in [0.25, 0.3) is 0 Å². The van der Waals surface area contributed by atoms with E-state index in [1.807, 2.05) is 0 Å². The normalized spacial score (nSPS) is 30.8. The van der Waals surface area contributed by atoms with Gasteiger partial charge in [0.1, 0.15) is 0 Å². The van der Waals surface area contributed by atoms with Crippen LogP contribution in [0.5, 0.6) is 0 Å². The first-order chi connectivity index (χ1) is 9.30. The van der Waals surface area contributed by atoms with Gasteiger partial charge in [-0.2, -0.15) is 0 Å². The number of rotatable bonds is 8. The Morgan fingerprint density at radius 2 is 2.21 bits per heavy atom. The Morgan fingerprint density at radius 1 is 1.37 bits per heavy atom. The van der Waals surface area contributed by atoms with Gasteiger partial charge in [-0.1, -0.05) is 31.4 Å². The lowest BCUT2D eigenvalue weighted by Crippen LogP contribution is -2.47. The highest BCUT2D eigenvalue weighted by Gasteiger charge is 2.45. The molecule has 2 aliphatic carbocycles. The van der Waals surface area contributed by atoms with E-state index in [1.165, 1.54) is 57.9 Å². The summed E-state index contributed by atoms with van der Waals surface area (Å²) in [4.78, 5) is 0. The molecule has 0 aromatic carbocycles. The third kappa shape index (κ3) is 3.82. The minimum absolute atomic E-state index is 0.508. The van der Waals surface area contributed by atoms with Crippen molar-refractivity contribution in [2.75, 3.05) is 26.8 Å². The number of hydrogen-bond acceptors (Lipinski definition) is 2. The third-order valence-electron chi connectivity index (χ3n) is 4.97. The van der Waals surface area contributed by atoms with Crippen molar-refractivity contribution in [3.05, 3.63) is 11.6 Å². The third-order valence-corrected chi connectivity index (χ3v) is 4.97. The van der Waals surface area contributed by atoms with E-state index in [9.17, 15) is 0 Å². The Morgan fingerprint density at radius 3 is 2.84 bits per heavy atom. The average Bonchev–Trinajstić information content (AvgIpc) is 2.41. The standard InChI is InChI=1S/C17H31NO/c1-3-7-15-12-17(13-15,14-18-10-11-19-2)16-8-5-4-6-9-16/h8,15,18H,3-7,9-14H2,1-2H3. The Bertz CT molecular complexity index is 292. The Hall–Kier alpha value is -0.340. The lowest BCUT2D eigenvalue weighted by atomic mass is 9.56. The van der Waals surface area contributed by atoms with Crippen molar-refractivity contribution in [3.8, 4) is 0 Å². The zero-order valence-corrected chi connectivity index (χ0v) is 12.8. The minimum atomic E-state index is 0.508. The lowest BCUT2D eigenvalue weighted by molar-refractivity contribution is 0.0779. The van der Waals surface area contributed by atoms with E-state index < -0.39 is 0 Å². The molecule has 0 saturated heterocycles. The summed E-state index contributed by atoms with van der Waals surface area (Å²) in [5, 5.41) is 3.62. The first kappa shape index (κ1) is 15.1. The lowest BCUT2D eigenvalue weighted by Gasteiger charge is -2.51. The van der Waals surface area contributed by atoms with Gasteiger partial charge in [-0.25, -0.2) is 0 Å². The molecule has 19 heavy (non-hydrogen) atoms. The zero-order valence-electron chi connectivity index (χ0n) is 12.8. The van der Waals surface area contributed by atoms with Crippen molar-refractivity contribution in [2.45, 2.75) is 58.3 Å². The molecule has 0 spiro atoms. The summed E-state index contributed by atoms with van der Waals surface area (Å²) in [6.45, 7) is 5.30. The molecule has 110 valence electrons. The maximum Gasteiger partial charge on any atom is 0.0587 e. The van der Waals surface area contributed by atoms with Gasteiger partial charge in [-0.05, 0) is 44.4 Å². The van der Waals surface area contributed by atoms with Crippen molar-refractivity contribution >= 4 is 0 Å². The summed E-state index contributed by atoms with van der Waals surface area (Å²) >= 11 is 0. The molecule has 1 N–H and O–H groups in total. The molecule has 0 amide bonds. The second-order valence-corrected chi connectivity index (χ2v) is 6.49. The SMILES string of the molecule is CCCC1CC(CNCCOC)(C2=CCCCC2)C1. The Kier molecular flexibility index (Phi) is 5.90. The summed E-state index contributed by atoms with van der Waals surface area (Å²) in [7, 11) is 1.78. The van der Waals surface area contributed by atoms with Crippen LogP contribution in [0.25, 0.3) is 0 Å². The fourth-order valence-corrected chi connectivity index (χ4v) is 4.00. The predicted octanol–water partition coefficient (Wildman–Crippen LogP) is 3.92. The molecule has 2 rings (SSSR count). The van der Waals surface area contributed by atoms with Gasteiger partial charge in [0, 0.05) is 25.6 Å². The highest BCUT2D eigenvalue weighted by atomic mass is 16.5. The molecule has 0 atom stereocenters. The van der Waals surface area contributed by atoms with Gasteiger partial charge in [-0.3, -0.25) is 0 Å². The second kappa shape index (κ2) is 7.44. The summed E-state index contributed by atoms with van der Waals surface area (Å²) in [5.74, 6) is 0.983. The highest BCUT2D eigenvalue weighted by molar-refractivity contribution is 5.22. The number of methoxy groups -OCH3 is 1. The first-order valence-corrected chi connectivity index (χ1v) is 8.20. The summed E-state index contributed by atoms with van der Waals surface area (Å²) in [5.41, 5.74) is 2.28. The van der Waals surface area contributed by atoms with Gasteiger partial charge in [0.05, 0.1) is 6.61 Å². The van der Waals surface area contributed by atoms with E-state index in [1.54, 1.807) is 12.7 Å². The van der Waals surface area contributed by atoms with E-state index in [0.29, 0.717) is 5.41 Å². The smallest absolute Gasteiger partial charge is 0.0587 e. The van der Waals surface area contributed by atoms with E-state index in [-0.39, 0.29) is 0 Å². The van der Waals surface area contributed by atoms with Gasteiger partial charge >= 0.3 is 0 Å². The topological polar surface area (TPSA) is 21.3 Å². The molecule has 0 radical (unpaired) electrons. The summed E-state index contributed by atoms with van der Waals surface area (Å²) in [6.07, 6.45) is 13.6. The summed E-state index contributed by atoms with van der Waals surface area (Å²) in [6, 6.07) is 0. The van der Waals surface area contributed by atoms with E-state index >= 15 is 0 Å². The summed E-state index contributed by atoms with van der Waals surface area (Å²) < 4.78 is 5.14. The molecule has 0 bridgehead atoms. The van der Waals surface area contributed by atoms with Gasteiger partial charge in [-0.15, -0.1) is 0 Å². The molecule has 0 heterocycles.